The van der Waals surface area contributed by atoms with Gasteiger partial charge in [-0.3, -0.25) is 0 Å². The van der Waals surface area contributed by atoms with Crippen molar-refractivity contribution in [1.82, 2.24) is 5.32 Å². The molecule has 1 rings (SSSR count). The molecule has 0 aliphatic carbocycles. The molecular formula is C9H17NS. The maximum atomic E-state index is 5.53. The summed E-state index contributed by atoms with van der Waals surface area (Å²) in [6, 6.07) is 0. The van der Waals surface area contributed by atoms with Crippen LogP contribution in [0.1, 0.15) is 19.3 Å². The van der Waals surface area contributed by atoms with Crippen LogP contribution in [0.4, 0.5) is 0 Å². The lowest BCUT2D eigenvalue weighted by Gasteiger charge is -2.30. The van der Waals surface area contributed by atoms with Gasteiger partial charge in [-0.15, -0.1) is 0 Å². The first-order chi connectivity index (χ1) is 5.38. The van der Waals surface area contributed by atoms with Crippen LogP contribution in [-0.4, -0.2) is 18.8 Å². The van der Waals surface area contributed by atoms with E-state index in [0.717, 1.165) is 37.1 Å². The van der Waals surface area contributed by atoms with E-state index in [-0.39, 0.29) is 0 Å². The Morgan fingerprint density at radius 3 is 2.91 bits per heavy atom. The number of hydrogen-bond acceptors (Lipinski definition) is 2. The van der Waals surface area contributed by atoms with Crippen molar-refractivity contribution >= 4 is 12.6 Å². The first-order valence-corrected chi connectivity index (χ1v) is 5.03. The van der Waals surface area contributed by atoms with Crippen LogP contribution in [-0.2, 0) is 0 Å². The van der Waals surface area contributed by atoms with Gasteiger partial charge in [-0.2, -0.15) is 12.6 Å². The molecule has 2 heteroatoms. The minimum Gasteiger partial charge on any atom is -0.316 e. The fourth-order valence-corrected chi connectivity index (χ4v) is 2.21. The van der Waals surface area contributed by atoms with E-state index in [0.29, 0.717) is 0 Å². The molecule has 1 saturated heterocycles. The normalized spacial score (nSPS) is 32.2. The van der Waals surface area contributed by atoms with Crippen LogP contribution < -0.4 is 5.32 Å². The van der Waals surface area contributed by atoms with Gasteiger partial charge in [0.15, 0.2) is 0 Å². The van der Waals surface area contributed by atoms with Crippen molar-refractivity contribution in [3.8, 4) is 0 Å². The second-order valence-corrected chi connectivity index (χ2v) is 3.64. The maximum absolute atomic E-state index is 5.53. The molecule has 2 atom stereocenters. The average molecular weight is 171 g/mol. The molecule has 2 unspecified atom stereocenters. The topological polar surface area (TPSA) is 12.0 Å². The second-order valence-electron chi connectivity index (χ2n) is 3.27. The lowest BCUT2D eigenvalue weighted by atomic mass is 9.84. The molecule has 1 fully saturated rings. The molecule has 0 aromatic rings. The molecule has 1 N–H and O–H groups in total. The van der Waals surface area contributed by atoms with Gasteiger partial charge in [0.2, 0.25) is 0 Å². The van der Waals surface area contributed by atoms with E-state index in [9.17, 15) is 0 Å². The number of rotatable bonds is 3. The van der Waals surface area contributed by atoms with Crippen molar-refractivity contribution in [2.45, 2.75) is 19.3 Å². The molecule has 0 saturated carbocycles. The van der Waals surface area contributed by atoms with Crippen LogP contribution in [0.15, 0.2) is 0 Å². The number of thiol groups is 1. The predicted molar refractivity (Wildman–Crippen MR) is 51.9 cm³/mol. The third kappa shape index (κ3) is 2.68. The Hall–Kier alpha value is 0.310. The zero-order valence-electron chi connectivity index (χ0n) is 6.92. The fraction of sp³-hybridized carbons (Fsp3) is 0.889. The Balaban J connectivity index is 2.31. The molecular weight excluding hydrogens is 154 g/mol. The maximum Gasteiger partial charge on any atom is -0.00101 e. The average Bonchev–Trinajstić information content (AvgIpc) is 2.06. The molecule has 64 valence electrons. The first kappa shape index (κ1) is 9.40. The quantitative estimate of drug-likeness (QED) is 0.615. The van der Waals surface area contributed by atoms with Gasteiger partial charge in [-0.1, -0.05) is 0 Å². The van der Waals surface area contributed by atoms with Crippen LogP contribution in [0.2, 0.25) is 0 Å². The molecule has 1 nitrogen and oxygen atoms in total. The van der Waals surface area contributed by atoms with Gasteiger partial charge in [-0.05, 0) is 56.9 Å². The molecule has 0 amide bonds. The Kier molecular flexibility index (Phi) is 4.31. The summed E-state index contributed by atoms with van der Waals surface area (Å²) >= 11 is 4.33. The minimum atomic E-state index is 0.746. The van der Waals surface area contributed by atoms with Crippen molar-refractivity contribution in [2.75, 3.05) is 18.8 Å². The van der Waals surface area contributed by atoms with E-state index in [4.69, 9.17) is 6.92 Å². The summed E-state index contributed by atoms with van der Waals surface area (Å²) in [5, 5.41) is 3.38. The molecule has 1 heterocycles. The van der Waals surface area contributed by atoms with Gasteiger partial charge in [0.1, 0.15) is 0 Å². The van der Waals surface area contributed by atoms with Crippen molar-refractivity contribution in [1.29, 1.82) is 0 Å². The van der Waals surface area contributed by atoms with E-state index in [1.807, 2.05) is 0 Å². The lowest BCUT2D eigenvalue weighted by molar-refractivity contribution is 0.264. The third-order valence-electron chi connectivity index (χ3n) is 2.54. The highest BCUT2D eigenvalue weighted by Gasteiger charge is 2.22. The SMILES string of the molecule is [CH]CCC1CCNCC1CS. The van der Waals surface area contributed by atoms with Crippen LogP contribution >= 0.6 is 12.6 Å². The van der Waals surface area contributed by atoms with Crippen LogP contribution in [0.3, 0.4) is 0 Å². The Morgan fingerprint density at radius 1 is 1.45 bits per heavy atom. The first-order valence-electron chi connectivity index (χ1n) is 4.40. The fourth-order valence-electron chi connectivity index (χ4n) is 1.79. The smallest absolute Gasteiger partial charge is 0.00101 e. The van der Waals surface area contributed by atoms with E-state index >= 15 is 0 Å². The van der Waals surface area contributed by atoms with Gasteiger partial charge < -0.3 is 5.32 Å². The zero-order valence-corrected chi connectivity index (χ0v) is 7.82. The summed E-state index contributed by atoms with van der Waals surface area (Å²) in [5.41, 5.74) is 0. The predicted octanol–water partition coefficient (Wildman–Crippen LogP) is 1.63. The Bertz CT molecular complexity index is 104. The molecule has 0 aromatic carbocycles. The van der Waals surface area contributed by atoms with Crippen LogP contribution in [0, 0.1) is 18.8 Å². The monoisotopic (exact) mass is 171 g/mol. The van der Waals surface area contributed by atoms with Crippen molar-refractivity contribution < 1.29 is 0 Å². The summed E-state index contributed by atoms with van der Waals surface area (Å²) in [6.45, 7) is 7.83. The molecule has 1 aliphatic rings. The van der Waals surface area contributed by atoms with Gasteiger partial charge in [0.25, 0.3) is 0 Å². The molecule has 2 radical (unpaired) electrons. The molecule has 0 bridgehead atoms. The highest BCUT2D eigenvalue weighted by atomic mass is 32.1. The largest absolute Gasteiger partial charge is 0.316 e. The summed E-state index contributed by atoms with van der Waals surface area (Å²) in [4.78, 5) is 0. The van der Waals surface area contributed by atoms with Gasteiger partial charge >= 0.3 is 0 Å². The number of hydrogen-bond donors (Lipinski definition) is 2. The van der Waals surface area contributed by atoms with Crippen LogP contribution in [0.25, 0.3) is 0 Å². The second kappa shape index (κ2) is 5.04. The van der Waals surface area contributed by atoms with E-state index in [1.165, 1.54) is 12.8 Å². The molecule has 0 spiro atoms. The molecule has 0 aromatic heterocycles. The molecule has 11 heavy (non-hydrogen) atoms. The zero-order chi connectivity index (χ0) is 8.10. The summed E-state index contributed by atoms with van der Waals surface area (Å²) in [5.74, 6) is 2.56. The van der Waals surface area contributed by atoms with Crippen LogP contribution in [0.5, 0.6) is 0 Å². The highest BCUT2D eigenvalue weighted by molar-refractivity contribution is 7.80. The van der Waals surface area contributed by atoms with Gasteiger partial charge in [0.05, 0.1) is 0 Å². The highest BCUT2D eigenvalue weighted by Crippen LogP contribution is 2.24. The van der Waals surface area contributed by atoms with E-state index in [2.05, 4.69) is 17.9 Å². The summed E-state index contributed by atoms with van der Waals surface area (Å²) in [6.07, 6.45) is 3.28. The number of piperidine rings is 1. The summed E-state index contributed by atoms with van der Waals surface area (Å²) < 4.78 is 0. The van der Waals surface area contributed by atoms with E-state index in [1.54, 1.807) is 0 Å². The van der Waals surface area contributed by atoms with Crippen molar-refractivity contribution in [2.24, 2.45) is 11.8 Å². The standard InChI is InChI=1S/C9H17NS/c1-2-3-8-4-5-10-6-9(8)7-11/h1,8-11H,2-7H2. The summed E-state index contributed by atoms with van der Waals surface area (Å²) in [7, 11) is 0. The Labute approximate surface area is 75.4 Å². The Morgan fingerprint density at radius 2 is 2.27 bits per heavy atom. The third-order valence-corrected chi connectivity index (χ3v) is 3.01. The minimum absolute atomic E-state index is 0.746. The van der Waals surface area contributed by atoms with Gasteiger partial charge in [-0.25, -0.2) is 0 Å². The van der Waals surface area contributed by atoms with Crippen molar-refractivity contribution in [3.05, 3.63) is 6.92 Å². The van der Waals surface area contributed by atoms with Crippen molar-refractivity contribution in [3.63, 3.8) is 0 Å². The lowest BCUT2D eigenvalue weighted by Crippen LogP contribution is -2.37. The van der Waals surface area contributed by atoms with Gasteiger partial charge in [0, 0.05) is 0 Å². The van der Waals surface area contributed by atoms with E-state index < -0.39 is 0 Å². The number of nitrogens with one attached hydrogen (secondary N) is 1. The molecule has 1 aliphatic heterocycles.